The predicted octanol–water partition coefficient (Wildman–Crippen LogP) is 3.39. The average Bonchev–Trinajstić information content (AvgIpc) is 2.55. The van der Waals surface area contributed by atoms with Gasteiger partial charge in [-0.15, -0.1) is 0 Å². The van der Waals surface area contributed by atoms with Gasteiger partial charge in [0.1, 0.15) is 0 Å². The first-order valence-corrected chi connectivity index (χ1v) is 8.60. The first-order chi connectivity index (χ1) is 11.6. The maximum Gasteiger partial charge on any atom is 0.257 e. The maximum atomic E-state index is 12.4. The second kappa shape index (κ2) is 7.79. The minimum atomic E-state index is -0.187. The summed E-state index contributed by atoms with van der Waals surface area (Å²) in [5, 5.41) is 6.84. The first-order valence-electron chi connectivity index (χ1n) is 8.22. The lowest BCUT2D eigenvalue weighted by Gasteiger charge is -2.31. The van der Waals surface area contributed by atoms with Crippen molar-refractivity contribution in [2.75, 3.05) is 25.0 Å². The molecule has 4 nitrogen and oxygen atoms in total. The zero-order valence-corrected chi connectivity index (χ0v) is 14.5. The van der Waals surface area contributed by atoms with Crippen molar-refractivity contribution >= 4 is 23.2 Å². The Morgan fingerprint density at radius 2 is 2.12 bits per heavy atom. The van der Waals surface area contributed by atoms with E-state index in [-0.39, 0.29) is 5.91 Å². The molecule has 1 saturated heterocycles. The zero-order valence-electron chi connectivity index (χ0n) is 13.8. The SMILES string of the molecule is C[C@H]1CN(Cc2cccc(NC(=O)c3ccccc3Cl)c2)CCN1. The molecule has 2 aromatic carbocycles. The van der Waals surface area contributed by atoms with Crippen LogP contribution in [0.4, 0.5) is 5.69 Å². The Bertz CT molecular complexity index is 719. The van der Waals surface area contributed by atoms with E-state index in [0.29, 0.717) is 16.6 Å². The summed E-state index contributed by atoms with van der Waals surface area (Å²) in [6.45, 7) is 6.19. The summed E-state index contributed by atoms with van der Waals surface area (Å²) < 4.78 is 0. The van der Waals surface area contributed by atoms with Crippen LogP contribution in [0.2, 0.25) is 5.02 Å². The van der Waals surface area contributed by atoms with Crippen LogP contribution in [0.25, 0.3) is 0 Å². The standard InChI is InChI=1S/C19H22ClN3O/c1-14-12-23(10-9-21-14)13-15-5-4-6-16(11-15)22-19(24)17-7-2-3-8-18(17)20/h2-8,11,14,21H,9-10,12-13H2,1H3,(H,22,24)/t14-/m0/s1. The van der Waals surface area contributed by atoms with Gasteiger partial charge in [0.2, 0.25) is 0 Å². The van der Waals surface area contributed by atoms with E-state index in [1.165, 1.54) is 5.56 Å². The van der Waals surface area contributed by atoms with Crippen molar-refractivity contribution in [2.24, 2.45) is 0 Å². The van der Waals surface area contributed by atoms with Gasteiger partial charge < -0.3 is 10.6 Å². The molecule has 1 aliphatic rings. The molecular formula is C19H22ClN3O. The second-order valence-corrected chi connectivity index (χ2v) is 6.63. The molecule has 0 spiro atoms. The van der Waals surface area contributed by atoms with Crippen LogP contribution in [-0.4, -0.2) is 36.5 Å². The fraction of sp³-hybridized carbons (Fsp3) is 0.316. The van der Waals surface area contributed by atoms with Crippen LogP contribution >= 0.6 is 11.6 Å². The van der Waals surface area contributed by atoms with Crippen molar-refractivity contribution in [1.82, 2.24) is 10.2 Å². The summed E-state index contributed by atoms with van der Waals surface area (Å²) in [5.41, 5.74) is 2.47. The highest BCUT2D eigenvalue weighted by Crippen LogP contribution is 2.18. The van der Waals surface area contributed by atoms with Gasteiger partial charge in [-0.25, -0.2) is 0 Å². The van der Waals surface area contributed by atoms with E-state index < -0.39 is 0 Å². The second-order valence-electron chi connectivity index (χ2n) is 6.22. The summed E-state index contributed by atoms with van der Waals surface area (Å²) >= 11 is 6.09. The highest BCUT2D eigenvalue weighted by molar-refractivity contribution is 6.34. The van der Waals surface area contributed by atoms with E-state index in [1.807, 2.05) is 30.3 Å². The number of nitrogens with zero attached hydrogens (tertiary/aromatic N) is 1. The van der Waals surface area contributed by atoms with Crippen molar-refractivity contribution in [3.8, 4) is 0 Å². The Hall–Kier alpha value is -1.88. The Morgan fingerprint density at radius 1 is 1.29 bits per heavy atom. The van der Waals surface area contributed by atoms with Gasteiger partial charge >= 0.3 is 0 Å². The summed E-state index contributed by atoms with van der Waals surface area (Å²) in [5.74, 6) is -0.187. The summed E-state index contributed by atoms with van der Waals surface area (Å²) in [4.78, 5) is 14.8. The van der Waals surface area contributed by atoms with Crippen molar-refractivity contribution in [1.29, 1.82) is 0 Å². The Labute approximate surface area is 147 Å². The van der Waals surface area contributed by atoms with E-state index in [9.17, 15) is 4.79 Å². The maximum absolute atomic E-state index is 12.4. The molecule has 5 heteroatoms. The first kappa shape index (κ1) is 17.0. The molecule has 1 amide bonds. The third-order valence-corrected chi connectivity index (χ3v) is 4.49. The van der Waals surface area contributed by atoms with E-state index in [1.54, 1.807) is 12.1 Å². The molecule has 0 radical (unpaired) electrons. The quantitative estimate of drug-likeness (QED) is 0.894. The van der Waals surface area contributed by atoms with Crippen LogP contribution < -0.4 is 10.6 Å². The van der Waals surface area contributed by atoms with Crippen LogP contribution in [0.5, 0.6) is 0 Å². The van der Waals surface area contributed by atoms with Gasteiger partial charge in [-0.2, -0.15) is 0 Å². The Balaban J connectivity index is 1.67. The van der Waals surface area contributed by atoms with Gasteiger partial charge in [-0.1, -0.05) is 35.9 Å². The van der Waals surface area contributed by atoms with E-state index in [4.69, 9.17) is 11.6 Å². The largest absolute Gasteiger partial charge is 0.322 e. The van der Waals surface area contributed by atoms with E-state index >= 15 is 0 Å². The molecule has 0 bridgehead atoms. The summed E-state index contributed by atoms with van der Waals surface area (Å²) in [6.07, 6.45) is 0. The monoisotopic (exact) mass is 343 g/mol. The molecule has 0 aromatic heterocycles. The molecule has 0 unspecified atom stereocenters. The van der Waals surface area contributed by atoms with Crippen molar-refractivity contribution < 1.29 is 4.79 Å². The average molecular weight is 344 g/mol. The molecule has 126 valence electrons. The molecule has 1 fully saturated rings. The number of hydrogen-bond acceptors (Lipinski definition) is 3. The molecule has 0 aliphatic carbocycles. The number of amides is 1. The molecule has 1 atom stereocenters. The minimum absolute atomic E-state index is 0.187. The number of nitrogens with one attached hydrogen (secondary N) is 2. The van der Waals surface area contributed by atoms with Crippen LogP contribution in [0.3, 0.4) is 0 Å². The van der Waals surface area contributed by atoms with E-state index in [0.717, 1.165) is 31.9 Å². The highest BCUT2D eigenvalue weighted by atomic mass is 35.5. The zero-order chi connectivity index (χ0) is 16.9. The van der Waals surface area contributed by atoms with Crippen LogP contribution in [0, 0.1) is 0 Å². The van der Waals surface area contributed by atoms with Crippen LogP contribution in [-0.2, 0) is 6.54 Å². The Kier molecular flexibility index (Phi) is 5.51. The highest BCUT2D eigenvalue weighted by Gasteiger charge is 2.16. The normalized spacial score (nSPS) is 18.3. The third-order valence-electron chi connectivity index (χ3n) is 4.16. The van der Waals surface area contributed by atoms with E-state index in [2.05, 4.69) is 28.5 Å². The lowest BCUT2D eigenvalue weighted by atomic mass is 10.1. The molecule has 1 aliphatic heterocycles. The van der Waals surface area contributed by atoms with Gasteiger partial charge in [0.15, 0.2) is 0 Å². The number of benzene rings is 2. The molecule has 24 heavy (non-hydrogen) atoms. The van der Waals surface area contributed by atoms with Crippen LogP contribution in [0.15, 0.2) is 48.5 Å². The minimum Gasteiger partial charge on any atom is -0.322 e. The fourth-order valence-electron chi connectivity index (χ4n) is 3.01. The molecular weight excluding hydrogens is 322 g/mol. The lowest BCUT2D eigenvalue weighted by Crippen LogP contribution is -2.48. The molecule has 0 saturated carbocycles. The van der Waals surface area contributed by atoms with Crippen LogP contribution in [0.1, 0.15) is 22.8 Å². The molecule has 3 rings (SSSR count). The number of piperazine rings is 1. The number of halogens is 1. The van der Waals surface area contributed by atoms with Crippen molar-refractivity contribution in [3.63, 3.8) is 0 Å². The fourth-order valence-corrected chi connectivity index (χ4v) is 3.23. The van der Waals surface area contributed by atoms with Gasteiger partial charge in [0, 0.05) is 37.9 Å². The van der Waals surface area contributed by atoms with Gasteiger partial charge in [-0.05, 0) is 36.8 Å². The number of hydrogen-bond donors (Lipinski definition) is 2. The molecule has 1 heterocycles. The number of carbonyl (C=O) groups excluding carboxylic acids is 1. The summed E-state index contributed by atoms with van der Waals surface area (Å²) in [7, 11) is 0. The smallest absolute Gasteiger partial charge is 0.257 e. The third kappa shape index (κ3) is 4.35. The topological polar surface area (TPSA) is 44.4 Å². The van der Waals surface area contributed by atoms with Gasteiger partial charge in [0.05, 0.1) is 10.6 Å². The number of carbonyl (C=O) groups is 1. The van der Waals surface area contributed by atoms with Crippen molar-refractivity contribution in [3.05, 3.63) is 64.7 Å². The Morgan fingerprint density at radius 3 is 2.92 bits per heavy atom. The lowest BCUT2D eigenvalue weighted by molar-refractivity contribution is 0.102. The van der Waals surface area contributed by atoms with Crippen molar-refractivity contribution in [2.45, 2.75) is 19.5 Å². The number of anilines is 1. The van der Waals surface area contributed by atoms with Gasteiger partial charge in [-0.3, -0.25) is 9.69 Å². The van der Waals surface area contributed by atoms with Gasteiger partial charge in [0.25, 0.3) is 5.91 Å². The number of rotatable bonds is 4. The predicted molar refractivity (Wildman–Crippen MR) is 98.6 cm³/mol. The summed E-state index contributed by atoms with van der Waals surface area (Å²) in [6, 6.07) is 15.6. The molecule has 2 N–H and O–H groups in total. The molecule has 2 aromatic rings.